The zero-order chi connectivity index (χ0) is 14.5. The first kappa shape index (κ1) is 14.7. The Morgan fingerprint density at radius 3 is 2.95 bits per heavy atom. The van der Waals surface area contributed by atoms with Gasteiger partial charge >= 0.3 is 0 Å². The number of nitrogens with one attached hydrogen (secondary N) is 2. The average molecular weight is 340 g/mol. The third kappa shape index (κ3) is 3.64. The van der Waals surface area contributed by atoms with Crippen LogP contribution in [0.5, 0.6) is 0 Å². The summed E-state index contributed by atoms with van der Waals surface area (Å²) in [7, 11) is 0. The van der Waals surface area contributed by atoms with E-state index in [0.29, 0.717) is 11.0 Å². The third-order valence-corrected chi connectivity index (χ3v) is 3.73. The van der Waals surface area contributed by atoms with Crippen molar-refractivity contribution in [1.82, 2.24) is 10.6 Å². The van der Waals surface area contributed by atoms with Crippen molar-refractivity contribution in [3.8, 4) is 0 Å². The minimum absolute atomic E-state index is 0.0977. The summed E-state index contributed by atoms with van der Waals surface area (Å²) in [6, 6.07) is 4.14. The minimum Gasteiger partial charge on any atom is -0.348 e. The van der Waals surface area contributed by atoms with Crippen LogP contribution in [-0.2, 0) is 0 Å². The molecule has 106 valence electrons. The SMILES string of the molecule is O=C(NCC1=CCNCC1)c1cc([N+](=O)[O-])ccc1Br. The second kappa shape index (κ2) is 6.62. The molecule has 0 radical (unpaired) electrons. The fraction of sp³-hybridized carbons (Fsp3) is 0.308. The number of carbonyl (C=O) groups is 1. The second-order valence-electron chi connectivity index (χ2n) is 4.42. The van der Waals surface area contributed by atoms with Gasteiger partial charge in [-0.05, 0) is 35.0 Å². The number of non-ortho nitro benzene ring substituents is 1. The zero-order valence-corrected chi connectivity index (χ0v) is 12.3. The molecule has 0 bridgehead atoms. The Kier molecular flexibility index (Phi) is 4.86. The Balaban J connectivity index is 2.06. The summed E-state index contributed by atoms with van der Waals surface area (Å²) in [6.45, 7) is 2.18. The summed E-state index contributed by atoms with van der Waals surface area (Å²) in [5.41, 5.74) is 1.34. The summed E-state index contributed by atoms with van der Waals surface area (Å²) in [5, 5.41) is 16.7. The van der Waals surface area contributed by atoms with Gasteiger partial charge in [-0.15, -0.1) is 0 Å². The van der Waals surface area contributed by atoms with Gasteiger partial charge in [0.15, 0.2) is 0 Å². The van der Waals surface area contributed by atoms with Gasteiger partial charge in [0.2, 0.25) is 0 Å². The van der Waals surface area contributed by atoms with Gasteiger partial charge in [-0.25, -0.2) is 0 Å². The molecule has 0 aromatic heterocycles. The van der Waals surface area contributed by atoms with E-state index in [1.165, 1.54) is 23.8 Å². The van der Waals surface area contributed by atoms with Gasteiger partial charge in [0.25, 0.3) is 11.6 Å². The lowest BCUT2D eigenvalue weighted by Gasteiger charge is -2.14. The fourth-order valence-corrected chi connectivity index (χ4v) is 2.35. The molecule has 1 aromatic rings. The Bertz CT molecular complexity index is 572. The van der Waals surface area contributed by atoms with Crippen molar-refractivity contribution in [3.05, 3.63) is 50.0 Å². The fourth-order valence-electron chi connectivity index (χ4n) is 1.92. The lowest BCUT2D eigenvalue weighted by Crippen LogP contribution is -2.29. The Labute approximate surface area is 124 Å². The topological polar surface area (TPSA) is 84.3 Å². The Hall–Kier alpha value is -1.73. The molecule has 2 rings (SSSR count). The largest absolute Gasteiger partial charge is 0.348 e. The van der Waals surface area contributed by atoms with E-state index < -0.39 is 4.92 Å². The molecule has 0 unspecified atom stereocenters. The number of halogens is 1. The molecular formula is C13H14BrN3O3. The molecular weight excluding hydrogens is 326 g/mol. The first-order valence-electron chi connectivity index (χ1n) is 6.18. The van der Waals surface area contributed by atoms with Crippen molar-refractivity contribution in [2.24, 2.45) is 0 Å². The van der Waals surface area contributed by atoms with Crippen LogP contribution in [0.1, 0.15) is 16.8 Å². The number of nitro benzene ring substituents is 1. The number of hydrogen-bond acceptors (Lipinski definition) is 4. The molecule has 2 N–H and O–H groups in total. The van der Waals surface area contributed by atoms with Crippen LogP contribution in [-0.4, -0.2) is 30.5 Å². The summed E-state index contributed by atoms with van der Waals surface area (Å²) in [5.74, 6) is -0.319. The molecule has 20 heavy (non-hydrogen) atoms. The van der Waals surface area contributed by atoms with Crippen LogP contribution in [0.15, 0.2) is 34.3 Å². The number of benzene rings is 1. The van der Waals surface area contributed by atoms with Gasteiger partial charge in [0, 0.05) is 29.7 Å². The van der Waals surface area contributed by atoms with Crippen LogP contribution in [0.2, 0.25) is 0 Å². The van der Waals surface area contributed by atoms with Crippen molar-refractivity contribution >= 4 is 27.5 Å². The van der Waals surface area contributed by atoms with Crippen molar-refractivity contribution in [1.29, 1.82) is 0 Å². The van der Waals surface area contributed by atoms with Gasteiger partial charge in [0.05, 0.1) is 10.5 Å². The highest BCUT2D eigenvalue weighted by Crippen LogP contribution is 2.22. The van der Waals surface area contributed by atoms with Gasteiger partial charge < -0.3 is 10.6 Å². The van der Waals surface area contributed by atoms with E-state index in [9.17, 15) is 14.9 Å². The normalized spacial score (nSPS) is 14.6. The smallest absolute Gasteiger partial charge is 0.270 e. The summed E-state index contributed by atoms with van der Waals surface area (Å²) >= 11 is 3.24. The van der Waals surface area contributed by atoms with Crippen LogP contribution in [0.4, 0.5) is 5.69 Å². The molecule has 0 aliphatic carbocycles. The van der Waals surface area contributed by atoms with Gasteiger partial charge in [0.1, 0.15) is 0 Å². The standard InChI is InChI=1S/C13H14BrN3O3/c14-12-2-1-10(17(19)20)7-11(12)13(18)16-8-9-3-5-15-6-4-9/h1-3,7,15H,4-6,8H2,(H,16,18). The lowest BCUT2D eigenvalue weighted by atomic mass is 10.1. The molecule has 1 aliphatic rings. The van der Waals surface area contributed by atoms with E-state index in [1.54, 1.807) is 0 Å². The van der Waals surface area contributed by atoms with E-state index in [-0.39, 0.29) is 17.2 Å². The van der Waals surface area contributed by atoms with Crippen LogP contribution in [0.25, 0.3) is 0 Å². The molecule has 6 nitrogen and oxygen atoms in total. The number of amides is 1. The number of nitro groups is 1. The van der Waals surface area contributed by atoms with Crippen molar-refractivity contribution in [2.45, 2.75) is 6.42 Å². The summed E-state index contributed by atoms with van der Waals surface area (Å²) < 4.78 is 0.542. The maximum Gasteiger partial charge on any atom is 0.270 e. The number of carbonyl (C=O) groups excluding carboxylic acids is 1. The quantitative estimate of drug-likeness (QED) is 0.499. The van der Waals surface area contributed by atoms with Crippen LogP contribution < -0.4 is 10.6 Å². The number of nitrogens with zero attached hydrogens (tertiary/aromatic N) is 1. The Morgan fingerprint density at radius 1 is 1.50 bits per heavy atom. The second-order valence-corrected chi connectivity index (χ2v) is 5.27. The molecule has 0 atom stereocenters. The monoisotopic (exact) mass is 339 g/mol. The third-order valence-electron chi connectivity index (χ3n) is 3.04. The molecule has 0 spiro atoms. The molecule has 1 aliphatic heterocycles. The van der Waals surface area contributed by atoms with E-state index in [0.717, 1.165) is 19.5 Å². The first-order valence-corrected chi connectivity index (χ1v) is 6.98. The summed E-state index contributed by atoms with van der Waals surface area (Å²) in [4.78, 5) is 22.3. The predicted molar refractivity (Wildman–Crippen MR) is 78.7 cm³/mol. The summed E-state index contributed by atoms with van der Waals surface area (Å²) in [6.07, 6.45) is 2.95. The predicted octanol–water partition coefficient (Wildman–Crippen LogP) is 2.01. The maximum atomic E-state index is 12.1. The molecule has 0 saturated carbocycles. The molecule has 7 heteroatoms. The molecule has 1 aromatic carbocycles. The van der Waals surface area contributed by atoms with E-state index in [2.05, 4.69) is 26.6 Å². The zero-order valence-electron chi connectivity index (χ0n) is 10.7. The van der Waals surface area contributed by atoms with E-state index in [4.69, 9.17) is 0 Å². The van der Waals surface area contributed by atoms with Crippen LogP contribution in [0, 0.1) is 10.1 Å². The molecule has 1 heterocycles. The molecule has 0 saturated heterocycles. The van der Waals surface area contributed by atoms with Crippen molar-refractivity contribution < 1.29 is 9.72 Å². The first-order chi connectivity index (χ1) is 9.58. The highest BCUT2D eigenvalue weighted by molar-refractivity contribution is 9.10. The highest BCUT2D eigenvalue weighted by Gasteiger charge is 2.15. The Morgan fingerprint density at radius 2 is 2.30 bits per heavy atom. The number of rotatable bonds is 4. The van der Waals surface area contributed by atoms with Crippen molar-refractivity contribution in [2.75, 3.05) is 19.6 Å². The van der Waals surface area contributed by atoms with E-state index in [1.807, 2.05) is 6.08 Å². The highest BCUT2D eigenvalue weighted by atomic mass is 79.9. The maximum absolute atomic E-state index is 12.1. The lowest BCUT2D eigenvalue weighted by molar-refractivity contribution is -0.384. The van der Waals surface area contributed by atoms with Gasteiger partial charge in [-0.3, -0.25) is 14.9 Å². The molecule has 0 fully saturated rings. The van der Waals surface area contributed by atoms with Crippen molar-refractivity contribution in [3.63, 3.8) is 0 Å². The minimum atomic E-state index is -0.515. The van der Waals surface area contributed by atoms with Gasteiger partial charge in [-0.2, -0.15) is 0 Å². The number of hydrogen-bond donors (Lipinski definition) is 2. The van der Waals surface area contributed by atoms with E-state index >= 15 is 0 Å². The van der Waals surface area contributed by atoms with Crippen LogP contribution >= 0.6 is 15.9 Å². The van der Waals surface area contributed by atoms with Crippen LogP contribution in [0.3, 0.4) is 0 Å². The average Bonchev–Trinajstić information content (AvgIpc) is 2.46. The van der Waals surface area contributed by atoms with Gasteiger partial charge in [-0.1, -0.05) is 11.6 Å². The molecule has 1 amide bonds.